The van der Waals surface area contributed by atoms with Crippen molar-refractivity contribution in [2.24, 2.45) is 0 Å². The van der Waals surface area contributed by atoms with Crippen LogP contribution in [-0.4, -0.2) is 7.11 Å². The highest BCUT2D eigenvalue weighted by atomic mass is 35.5. The van der Waals surface area contributed by atoms with Gasteiger partial charge in [0.15, 0.2) is 0 Å². The lowest BCUT2D eigenvalue weighted by atomic mass is 10.1. The SMILES string of the molecule is COc1ccccc1CN[C@@H](C)c1ccccc1Cl. The molecule has 0 aliphatic carbocycles. The van der Waals surface area contributed by atoms with Gasteiger partial charge in [-0.2, -0.15) is 0 Å². The van der Waals surface area contributed by atoms with Crippen molar-refractivity contribution >= 4 is 11.6 Å². The van der Waals surface area contributed by atoms with Crippen LogP contribution in [0.5, 0.6) is 5.75 Å². The smallest absolute Gasteiger partial charge is 0.123 e. The topological polar surface area (TPSA) is 21.3 Å². The summed E-state index contributed by atoms with van der Waals surface area (Å²) < 4.78 is 5.34. The standard InChI is InChI=1S/C16H18ClNO/c1-12(14-8-4-5-9-15(14)17)18-11-13-7-3-6-10-16(13)19-2/h3-10,12,18H,11H2,1-2H3/t12-/m0/s1. The zero-order valence-electron chi connectivity index (χ0n) is 11.2. The number of halogens is 1. The Kier molecular flexibility index (Phi) is 4.83. The second kappa shape index (κ2) is 6.60. The molecule has 0 spiro atoms. The zero-order chi connectivity index (χ0) is 13.7. The second-order valence-corrected chi connectivity index (χ2v) is 4.84. The molecule has 0 aliphatic heterocycles. The summed E-state index contributed by atoms with van der Waals surface area (Å²) in [6, 6.07) is 16.1. The largest absolute Gasteiger partial charge is 0.496 e. The monoisotopic (exact) mass is 275 g/mol. The van der Waals surface area contributed by atoms with Crippen molar-refractivity contribution in [2.45, 2.75) is 19.5 Å². The summed E-state index contributed by atoms with van der Waals surface area (Å²) in [6.45, 7) is 2.85. The summed E-state index contributed by atoms with van der Waals surface area (Å²) in [5, 5.41) is 4.26. The number of benzene rings is 2. The van der Waals surface area contributed by atoms with Gasteiger partial charge >= 0.3 is 0 Å². The van der Waals surface area contributed by atoms with E-state index in [1.54, 1.807) is 7.11 Å². The maximum atomic E-state index is 6.19. The number of hydrogen-bond donors (Lipinski definition) is 1. The molecule has 3 heteroatoms. The predicted molar refractivity (Wildman–Crippen MR) is 79.7 cm³/mol. The van der Waals surface area contributed by atoms with Crippen LogP contribution >= 0.6 is 11.6 Å². The summed E-state index contributed by atoms with van der Waals surface area (Å²) in [4.78, 5) is 0. The van der Waals surface area contributed by atoms with Crippen LogP contribution in [0.3, 0.4) is 0 Å². The fourth-order valence-electron chi connectivity index (χ4n) is 2.05. The van der Waals surface area contributed by atoms with E-state index in [1.165, 1.54) is 0 Å². The quantitative estimate of drug-likeness (QED) is 0.883. The van der Waals surface area contributed by atoms with Gasteiger partial charge in [0.2, 0.25) is 0 Å². The van der Waals surface area contributed by atoms with Gasteiger partial charge in [0.1, 0.15) is 5.75 Å². The molecule has 1 atom stereocenters. The summed E-state index contributed by atoms with van der Waals surface area (Å²) >= 11 is 6.19. The Morgan fingerprint density at radius 3 is 2.53 bits per heavy atom. The van der Waals surface area contributed by atoms with E-state index in [-0.39, 0.29) is 6.04 Å². The molecular formula is C16H18ClNO. The van der Waals surface area contributed by atoms with Crippen LogP contribution < -0.4 is 10.1 Å². The molecule has 1 N–H and O–H groups in total. The van der Waals surface area contributed by atoms with E-state index in [2.05, 4.69) is 18.3 Å². The van der Waals surface area contributed by atoms with Crippen molar-refractivity contribution in [3.63, 3.8) is 0 Å². The molecule has 0 saturated heterocycles. The lowest BCUT2D eigenvalue weighted by Gasteiger charge is -2.16. The van der Waals surface area contributed by atoms with Crippen molar-refractivity contribution in [1.29, 1.82) is 0 Å². The summed E-state index contributed by atoms with van der Waals surface area (Å²) in [5.41, 5.74) is 2.25. The van der Waals surface area contributed by atoms with Gasteiger partial charge in [0.25, 0.3) is 0 Å². The molecule has 2 aromatic rings. The summed E-state index contributed by atoms with van der Waals surface area (Å²) in [5.74, 6) is 0.904. The minimum absolute atomic E-state index is 0.193. The molecule has 19 heavy (non-hydrogen) atoms. The van der Waals surface area contributed by atoms with E-state index in [4.69, 9.17) is 16.3 Å². The first-order valence-corrected chi connectivity index (χ1v) is 6.70. The first-order valence-electron chi connectivity index (χ1n) is 6.32. The maximum absolute atomic E-state index is 6.19. The highest BCUT2D eigenvalue weighted by molar-refractivity contribution is 6.31. The Bertz CT molecular complexity index is 542. The lowest BCUT2D eigenvalue weighted by Crippen LogP contribution is -2.18. The number of ether oxygens (including phenoxy) is 1. The van der Waals surface area contributed by atoms with E-state index in [0.29, 0.717) is 0 Å². The fourth-order valence-corrected chi connectivity index (χ4v) is 2.35. The van der Waals surface area contributed by atoms with Gasteiger partial charge in [0.05, 0.1) is 7.11 Å². The third-order valence-corrected chi connectivity index (χ3v) is 3.51. The molecule has 2 rings (SSSR count). The molecule has 0 aromatic heterocycles. The molecule has 0 aliphatic rings. The lowest BCUT2D eigenvalue weighted by molar-refractivity contribution is 0.406. The number of nitrogens with one attached hydrogen (secondary N) is 1. The molecule has 0 saturated carbocycles. The average Bonchev–Trinajstić information content (AvgIpc) is 2.45. The minimum atomic E-state index is 0.193. The maximum Gasteiger partial charge on any atom is 0.123 e. The third-order valence-electron chi connectivity index (χ3n) is 3.16. The summed E-state index contributed by atoms with van der Waals surface area (Å²) in [6.07, 6.45) is 0. The molecule has 100 valence electrons. The van der Waals surface area contributed by atoms with E-state index in [0.717, 1.165) is 28.4 Å². The van der Waals surface area contributed by atoms with Gasteiger partial charge in [-0.15, -0.1) is 0 Å². The van der Waals surface area contributed by atoms with E-state index < -0.39 is 0 Å². The van der Waals surface area contributed by atoms with Crippen LogP contribution in [0.15, 0.2) is 48.5 Å². The molecular weight excluding hydrogens is 258 g/mol. The van der Waals surface area contributed by atoms with Crippen LogP contribution in [0.1, 0.15) is 24.1 Å². The molecule has 2 nitrogen and oxygen atoms in total. The average molecular weight is 276 g/mol. The zero-order valence-corrected chi connectivity index (χ0v) is 11.9. The van der Waals surface area contributed by atoms with Gasteiger partial charge in [0, 0.05) is 23.2 Å². The van der Waals surface area contributed by atoms with E-state index in [9.17, 15) is 0 Å². The minimum Gasteiger partial charge on any atom is -0.496 e. The van der Waals surface area contributed by atoms with Gasteiger partial charge in [-0.25, -0.2) is 0 Å². The number of para-hydroxylation sites is 1. The Balaban J connectivity index is 2.04. The molecule has 0 heterocycles. The van der Waals surface area contributed by atoms with Gasteiger partial charge in [-0.05, 0) is 24.6 Å². The van der Waals surface area contributed by atoms with Crippen molar-refractivity contribution in [3.8, 4) is 5.75 Å². The first kappa shape index (κ1) is 13.9. The highest BCUT2D eigenvalue weighted by Gasteiger charge is 2.09. The van der Waals surface area contributed by atoms with Crippen LogP contribution in [-0.2, 0) is 6.54 Å². The Labute approximate surface area is 119 Å². The van der Waals surface area contributed by atoms with Crippen LogP contribution in [0.2, 0.25) is 5.02 Å². The molecule has 2 aromatic carbocycles. The first-order chi connectivity index (χ1) is 9.22. The van der Waals surface area contributed by atoms with Crippen molar-refractivity contribution in [1.82, 2.24) is 5.32 Å². The normalized spacial score (nSPS) is 12.2. The van der Waals surface area contributed by atoms with Gasteiger partial charge in [-0.1, -0.05) is 48.0 Å². The Morgan fingerprint density at radius 2 is 1.79 bits per heavy atom. The van der Waals surface area contributed by atoms with E-state index in [1.807, 2.05) is 42.5 Å². The van der Waals surface area contributed by atoms with Gasteiger partial charge < -0.3 is 10.1 Å². The fraction of sp³-hybridized carbons (Fsp3) is 0.250. The highest BCUT2D eigenvalue weighted by Crippen LogP contribution is 2.23. The number of rotatable bonds is 5. The Hall–Kier alpha value is -1.51. The second-order valence-electron chi connectivity index (χ2n) is 4.44. The van der Waals surface area contributed by atoms with Crippen LogP contribution in [0.25, 0.3) is 0 Å². The predicted octanol–water partition coefficient (Wildman–Crippen LogP) is 4.20. The Morgan fingerprint density at radius 1 is 1.11 bits per heavy atom. The van der Waals surface area contributed by atoms with Crippen molar-refractivity contribution in [3.05, 3.63) is 64.7 Å². The molecule has 0 bridgehead atoms. The van der Waals surface area contributed by atoms with Crippen LogP contribution in [0.4, 0.5) is 0 Å². The molecule has 0 radical (unpaired) electrons. The van der Waals surface area contributed by atoms with Crippen LogP contribution in [0, 0.1) is 0 Å². The summed E-state index contributed by atoms with van der Waals surface area (Å²) in [7, 11) is 1.69. The third kappa shape index (κ3) is 3.49. The number of hydrogen-bond acceptors (Lipinski definition) is 2. The molecule has 0 amide bonds. The molecule has 0 fully saturated rings. The molecule has 0 unspecified atom stereocenters. The van der Waals surface area contributed by atoms with Gasteiger partial charge in [-0.3, -0.25) is 0 Å². The number of methoxy groups -OCH3 is 1. The van der Waals surface area contributed by atoms with Crippen molar-refractivity contribution < 1.29 is 4.74 Å². The van der Waals surface area contributed by atoms with Crippen molar-refractivity contribution in [2.75, 3.05) is 7.11 Å². The van der Waals surface area contributed by atoms with E-state index >= 15 is 0 Å².